The molecule has 1 unspecified atom stereocenters. The van der Waals surface area contributed by atoms with Gasteiger partial charge in [-0.1, -0.05) is 23.2 Å². The van der Waals surface area contributed by atoms with Gasteiger partial charge in [0.25, 0.3) is 5.91 Å². The third-order valence-electron chi connectivity index (χ3n) is 6.42. The van der Waals surface area contributed by atoms with E-state index >= 15 is 0 Å². The highest BCUT2D eigenvalue weighted by atomic mass is 35.5. The molecule has 0 aliphatic carbocycles. The molecular weight excluding hydrogens is 501 g/mol. The quantitative estimate of drug-likeness (QED) is 0.391. The number of carbonyl (C=O) groups is 2. The van der Waals surface area contributed by atoms with Crippen molar-refractivity contribution in [3.63, 3.8) is 0 Å². The molecule has 1 fully saturated rings. The molecule has 2 amide bonds. The smallest absolute Gasteiger partial charge is 0.256 e. The molecular formula is C25H25Cl2N7O2. The van der Waals surface area contributed by atoms with Crippen molar-refractivity contribution < 1.29 is 9.59 Å². The van der Waals surface area contributed by atoms with Crippen LogP contribution < -0.4 is 5.32 Å². The number of hydrogen-bond acceptors (Lipinski definition) is 6. The highest BCUT2D eigenvalue weighted by Gasteiger charge is 2.36. The third-order valence-corrected chi connectivity index (χ3v) is 6.97. The molecule has 2 aromatic heterocycles. The van der Waals surface area contributed by atoms with Gasteiger partial charge in [-0.3, -0.25) is 9.59 Å². The van der Waals surface area contributed by atoms with Crippen LogP contribution in [-0.4, -0.2) is 68.2 Å². The van der Waals surface area contributed by atoms with E-state index in [4.69, 9.17) is 23.2 Å². The first kappa shape index (κ1) is 24.3. The van der Waals surface area contributed by atoms with Crippen LogP contribution in [0.5, 0.6) is 0 Å². The lowest BCUT2D eigenvalue weighted by Crippen LogP contribution is -2.45. The molecule has 4 aromatic rings. The van der Waals surface area contributed by atoms with Crippen molar-refractivity contribution in [2.45, 2.75) is 31.8 Å². The lowest BCUT2D eigenvalue weighted by Gasteiger charge is -2.26. The number of aromatic nitrogens is 4. The molecule has 0 radical (unpaired) electrons. The maximum absolute atomic E-state index is 13.4. The molecule has 0 spiro atoms. The number of H-pyrrole nitrogens is 1. The van der Waals surface area contributed by atoms with Crippen molar-refractivity contribution in [3.8, 4) is 0 Å². The first-order valence-electron chi connectivity index (χ1n) is 11.6. The predicted octanol–water partition coefficient (Wildman–Crippen LogP) is 4.68. The molecule has 9 nitrogen and oxygen atoms in total. The van der Waals surface area contributed by atoms with Crippen LogP contribution in [0.4, 0.5) is 5.82 Å². The Bertz CT molecular complexity index is 1490. The molecule has 0 saturated carbocycles. The van der Waals surface area contributed by atoms with Crippen molar-refractivity contribution in [2.75, 3.05) is 26.0 Å². The fourth-order valence-electron chi connectivity index (χ4n) is 4.55. The van der Waals surface area contributed by atoms with Crippen LogP contribution in [0.3, 0.4) is 0 Å². The van der Waals surface area contributed by atoms with Gasteiger partial charge in [-0.15, -0.1) is 0 Å². The van der Waals surface area contributed by atoms with E-state index in [1.165, 1.54) is 11.2 Å². The van der Waals surface area contributed by atoms with Crippen LogP contribution in [0.2, 0.25) is 10.0 Å². The van der Waals surface area contributed by atoms with Gasteiger partial charge in [0, 0.05) is 31.0 Å². The molecule has 0 bridgehead atoms. The molecule has 5 rings (SSSR count). The summed E-state index contributed by atoms with van der Waals surface area (Å²) in [4.78, 5) is 45.8. The summed E-state index contributed by atoms with van der Waals surface area (Å²) in [7, 11) is 3.39. The number of likely N-dealkylation sites (N-methyl/N-ethyl adjacent to an activating group) is 1. The average Bonchev–Trinajstić information content (AvgIpc) is 3.50. The number of anilines is 1. The van der Waals surface area contributed by atoms with Gasteiger partial charge >= 0.3 is 0 Å². The number of halogens is 2. The number of rotatable bonds is 5. The van der Waals surface area contributed by atoms with Crippen molar-refractivity contribution in [2.24, 2.45) is 0 Å². The molecule has 2 N–H and O–H groups in total. The van der Waals surface area contributed by atoms with E-state index in [9.17, 15) is 9.59 Å². The Balaban J connectivity index is 1.43. The Labute approximate surface area is 217 Å². The zero-order valence-corrected chi connectivity index (χ0v) is 21.6. The van der Waals surface area contributed by atoms with Gasteiger partial charge < -0.3 is 20.1 Å². The summed E-state index contributed by atoms with van der Waals surface area (Å²) in [6, 6.07) is 8.16. The second kappa shape index (κ2) is 9.55. The largest absolute Gasteiger partial charge is 0.360 e. The molecule has 2 atom stereocenters. The van der Waals surface area contributed by atoms with Crippen LogP contribution in [0, 0.1) is 0 Å². The van der Waals surface area contributed by atoms with Crippen molar-refractivity contribution in [1.29, 1.82) is 0 Å². The van der Waals surface area contributed by atoms with Crippen LogP contribution >= 0.6 is 23.2 Å². The monoisotopic (exact) mass is 525 g/mol. The van der Waals surface area contributed by atoms with Crippen LogP contribution in [0.15, 0.2) is 36.7 Å². The number of hydrogen-bond donors (Lipinski definition) is 2. The predicted molar refractivity (Wildman–Crippen MR) is 140 cm³/mol. The SMILES string of the molecule is CC(Nc1ncnc2cc(C(=O)N3CCC[C@H]3C(=O)N(C)C)c(Cl)cc12)c1nc2cc(Cl)ccc2[nH]1. The van der Waals surface area contributed by atoms with E-state index < -0.39 is 6.04 Å². The third kappa shape index (κ3) is 4.44. The van der Waals surface area contributed by atoms with Crippen LogP contribution in [0.1, 0.15) is 42.0 Å². The number of nitrogens with one attached hydrogen (secondary N) is 2. The first-order valence-corrected chi connectivity index (χ1v) is 12.4. The maximum Gasteiger partial charge on any atom is 0.256 e. The normalized spacial score (nSPS) is 16.5. The number of likely N-dealkylation sites (tertiary alicyclic amines) is 1. The molecule has 36 heavy (non-hydrogen) atoms. The molecule has 1 aliphatic rings. The number of carbonyl (C=O) groups excluding carboxylic acids is 2. The molecule has 1 aliphatic heterocycles. The van der Waals surface area contributed by atoms with Crippen molar-refractivity contribution >= 4 is 62.8 Å². The zero-order chi connectivity index (χ0) is 25.6. The summed E-state index contributed by atoms with van der Waals surface area (Å²) in [5.74, 6) is 0.923. The van der Waals surface area contributed by atoms with Gasteiger partial charge in [0.05, 0.1) is 33.2 Å². The summed E-state index contributed by atoms with van der Waals surface area (Å²) in [6.45, 7) is 2.47. The number of nitrogens with zero attached hydrogens (tertiary/aromatic N) is 5. The number of amides is 2. The average molecular weight is 526 g/mol. The lowest BCUT2D eigenvalue weighted by molar-refractivity contribution is -0.132. The van der Waals surface area contributed by atoms with Gasteiger partial charge in [-0.2, -0.15) is 0 Å². The highest BCUT2D eigenvalue weighted by molar-refractivity contribution is 6.35. The number of aromatic amines is 1. The molecule has 11 heteroatoms. The van der Waals surface area contributed by atoms with E-state index in [1.807, 2.05) is 19.1 Å². The topological polar surface area (TPSA) is 107 Å². The van der Waals surface area contributed by atoms with Gasteiger partial charge in [-0.25, -0.2) is 15.0 Å². The molecule has 2 aromatic carbocycles. The fraction of sp³-hybridized carbons (Fsp3) is 0.320. The Morgan fingerprint density at radius 2 is 1.97 bits per heavy atom. The van der Waals surface area contributed by atoms with Gasteiger partial charge in [0.1, 0.15) is 24.0 Å². The Morgan fingerprint density at radius 3 is 2.75 bits per heavy atom. The van der Waals surface area contributed by atoms with Crippen LogP contribution in [0.25, 0.3) is 21.9 Å². The minimum absolute atomic E-state index is 0.0894. The molecule has 1 saturated heterocycles. The minimum Gasteiger partial charge on any atom is -0.360 e. The summed E-state index contributed by atoms with van der Waals surface area (Å²) >= 11 is 12.7. The summed E-state index contributed by atoms with van der Waals surface area (Å²) in [6.07, 6.45) is 2.84. The van der Waals surface area contributed by atoms with Gasteiger partial charge in [0.15, 0.2) is 0 Å². The van der Waals surface area contributed by atoms with E-state index in [1.54, 1.807) is 37.2 Å². The maximum atomic E-state index is 13.4. The Kier molecular flexibility index (Phi) is 6.44. The Hall–Kier alpha value is -3.43. The van der Waals surface area contributed by atoms with E-state index in [-0.39, 0.29) is 22.9 Å². The van der Waals surface area contributed by atoms with E-state index in [0.717, 1.165) is 23.3 Å². The summed E-state index contributed by atoms with van der Waals surface area (Å²) in [5, 5.41) is 4.93. The van der Waals surface area contributed by atoms with E-state index in [2.05, 4.69) is 25.3 Å². The van der Waals surface area contributed by atoms with Crippen LogP contribution in [-0.2, 0) is 4.79 Å². The first-order chi connectivity index (χ1) is 17.2. The standard InChI is InChI=1S/C25H25Cl2N7O2/c1-13(22-31-18-7-6-14(26)9-20(18)32-22)30-23-16-10-17(27)15(11-19(16)28-12-29-23)24(35)34-8-4-5-21(34)25(36)33(2)3/h6-7,9-13,21H,4-5,8H2,1-3H3,(H,31,32)(H,28,29,30)/t13?,21-/m0/s1. The van der Waals surface area contributed by atoms with Crippen molar-refractivity contribution in [3.05, 3.63) is 58.1 Å². The minimum atomic E-state index is -0.485. The van der Waals surface area contributed by atoms with Gasteiger partial charge in [0.2, 0.25) is 5.91 Å². The number of fused-ring (bicyclic) bond motifs is 2. The Morgan fingerprint density at radius 1 is 1.17 bits per heavy atom. The second-order valence-electron chi connectivity index (χ2n) is 9.11. The van der Waals surface area contributed by atoms with E-state index in [0.29, 0.717) is 40.3 Å². The molecule has 186 valence electrons. The number of imidazole rings is 1. The fourth-order valence-corrected chi connectivity index (χ4v) is 4.96. The van der Waals surface area contributed by atoms with Gasteiger partial charge in [-0.05, 0) is 50.1 Å². The second-order valence-corrected chi connectivity index (χ2v) is 9.95. The zero-order valence-electron chi connectivity index (χ0n) is 20.0. The summed E-state index contributed by atoms with van der Waals surface area (Å²) in [5.41, 5.74) is 2.54. The number of benzene rings is 2. The highest BCUT2D eigenvalue weighted by Crippen LogP contribution is 2.31. The summed E-state index contributed by atoms with van der Waals surface area (Å²) < 4.78 is 0. The van der Waals surface area contributed by atoms with Crippen molar-refractivity contribution in [1.82, 2.24) is 29.7 Å². The lowest BCUT2D eigenvalue weighted by atomic mass is 10.1. The molecule has 3 heterocycles.